The molecule has 1 heterocycles. The molecule has 0 spiro atoms. The molecule has 1 aromatic heterocycles. The number of nitrogens with one attached hydrogen (secondary N) is 1. The van der Waals surface area contributed by atoms with Crippen LogP contribution in [0.3, 0.4) is 0 Å². The van der Waals surface area contributed by atoms with Crippen molar-refractivity contribution in [2.24, 2.45) is 0 Å². The Kier molecular flexibility index (Phi) is 5.59. The zero-order valence-electron chi connectivity index (χ0n) is 12.0. The van der Waals surface area contributed by atoms with Crippen molar-refractivity contribution in [3.8, 4) is 0 Å². The van der Waals surface area contributed by atoms with Gasteiger partial charge in [-0.2, -0.15) is 0 Å². The standard InChI is InChI=1S/C16H17NO2S2/c1-11-5-3-4-6-15(11)20-10-14(19)16-8-7-13(21-16)9-17-12(2)18/h3-8H,9-10H2,1-2H3,(H,17,18). The van der Waals surface area contributed by atoms with Gasteiger partial charge in [-0.05, 0) is 30.7 Å². The van der Waals surface area contributed by atoms with E-state index in [1.54, 1.807) is 11.8 Å². The number of ketones is 1. The van der Waals surface area contributed by atoms with Crippen LogP contribution in [-0.2, 0) is 11.3 Å². The molecule has 0 fully saturated rings. The summed E-state index contributed by atoms with van der Waals surface area (Å²) in [6.45, 7) is 4.01. The van der Waals surface area contributed by atoms with E-state index in [4.69, 9.17) is 0 Å². The van der Waals surface area contributed by atoms with Crippen molar-refractivity contribution in [2.45, 2.75) is 25.3 Å². The van der Waals surface area contributed by atoms with Crippen LogP contribution in [0.5, 0.6) is 0 Å². The van der Waals surface area contributed by atoms with Crippen LogP contribution in [0.4, 0.5) is 0 Å². The van der Waals surface area contributed by atoms with Gasteiger partial charge in [-0.15, -0.1) is 23.1 Å². The Labute approximate surface area is 132 Å². The van der Waals surface area contributed by atoms with E-state index in [0.717, 1.165) is 14.6 Å². The summed E-state index contributed by atoms with van der Waals surface area (Å²) >= 11 is 3.01. The Bertz CT molecular complexity index is 649. The average molecular weight is 319 g/mol. The fourth-order valence-corrected chi connectivity index (χ4v) is 3.66. The Balaban J connectivity index is 1.92. The van der Waals surface area contributed by atoms with Gasteiger partial charge in [-0.1, -0.05) is 18.2 Å². The summed E-state index contributed by atoms with van der Waals surface area (Å²) in [7, 11) is 0. The number of rotatable bonds is 6. The molecule has 0 aliphatic rings. The summed E-state index contributed by atoms with van der Waals surface area (Å²) in [5.74, 6) is 0.499. The van der Waals surface area contributed by atoms with Gasteiger partial charge >= 0.3 is 0 Å². The van der Waals surface area contributed by atoms with E-state index in [9.17, 15) is 9.59 Å². The minimum atomic E-state index is -0.0635. The fraction of sp³-hybridized carbons (Fsp3) is 0.250. The molecule has 2 rings (SSSR count). The van der Waals surface area contributed by atoms with Gasteiger partial charge < -0.3 is 5.32 Å². The number of carbonyl (C=O) groups is 2. The fourth-order valence-electron chi connectivity index (χ4n) is 1.77. The second-order valence-electron chi connectivity index (χ2n) is 4.65. The summed E-state index contributed by atoms with van der Waals surface area (Å²) in [6.07, 6.45) is 0. The van der Waals surface area contributed by atoms with Crippen LogP contribution in [0.15, 0.2) is 41.3 Å². The Morgan fingerprint density at radius 1 is 1.19 bits per heavy atom. The number of amides is 1. The number of benzene rings is 1. The van der Waals surface area contributed by atoms with E-state index >= 15 is 0 Å². The Morgan fingerprint density at radius 2 is 1.95 bits per heavy atom. The number of carbonyl (C=O) groups excluding carboxylic acids is 2. The molecule has 5 heteroatoms. The largest absolute Gasteiger partial charge is 0.351 e. The molecule has 0 radical (unpaired) electrons. The van der Waals surface area contributed by atoms with Crippen LogP contribution in [0, 0.1) is 6.92 Å². The maximum absolute atomic E-state index is 12.2. The molecule has 1 N–H and O–H groups in total. The van der Waals surface area contributed by atoms with Crippen LogP contribution in [0.1, 0.15) is 27.0 Å². The van der Waals surface area contributed by atoms with Crippen molar-refractivity contribution in [2.75, 3.05) is 5.75 Å². The average Bonchev–Trinajstić information content (AvgIpc) is 2.93. The van der Waals surface area contributed by atoms with E-state index in [1.807, 2.05) is 43.3 Å². The molecule has 110 valence electrons. The molecule has 2 aromatic rings. The highest BCUT2D eigenvalue weighted by molar-refractivity contribution is 8.00. The lowest BCUT2D eigenvalue weighted by Gasteiger charge is -2.03. The van der Waals surface area contributed by atoms with Gasteiger partial charge in [0.25, 0.3) is 0 Å². The molecule has 0 aliphatic carbocycles. The Hall–Kier alpha value is -1.59. The van der Waals surface area contributed by atoms with Gasteiger partial charge in [0.1, 0.15) is 0 Å². The third-order valence-electron chi connectivity index (χ3n) is 2.90. The van der Waals surface area contributed by atoms with Crippen molar-refractivity contribution >= 4 is 34.8 Å². The zero-order chi connectivity index (χ0) is 15.2. The van der Waals surface area contributed by atoms with Crippen LogP contribution in [-0.4, -0.2) is 17.4 Å². The van der Waals surface area contributed by atoms with Crippen LogP contribution < -0.4 is 5.32 Å². The lowest BCUT2D eigenvalue weighted by Crippen LogP contribution is -2.18. The van der Waals surface area contributed by atoms with Gasteiger partial charge in [0.05, 0.1) is 17.2 Å². The van der Waals surface area contributed by atoms with E-state index < -0.39 is 0 Å². The van der Waals surface area contributed by atoms with Gasteiger partial charge in [-0.3, -0.25) is 9.59 Å². The first-order chi connectivity index (χ1) is 10.1. The molecule has 0 unspecified atom stereocenters. The smallest absolute Gasteiger partial charge is 0.217 e. The summed E-state index contributed by atoms with van der Waals surface area (Å²) < 4.78 is 0. The van der Waals surface area contributed by atoms with Crippen LogP contribution >= 0.6 is 23.1 Å². The van der Waals surface area contributed by atoms with E-state index in [0.29, 0.717) is 12.3 Å². The quantitative estimate of drug-likeness (QED) is 0.653. The maximum atomic E-state index is 12.2. The molecule has 1 aromatic carbocycles. The lowest BCUT2D eigenvalue weighted by molar-refractivity contribution is -0.119. The molecule has 3 nitrogen and oxygen atoms in total. The highest BCUT2D eigenvalue weighted by Gasteiger charge is 2.11. The normalized spacial score (nSPS) is 10.4. The van der Waals surface area contributed by atoms with Crippen molar-refractivity contribution in [3.05, 3.63) is 51.7 Å². The number of hydrogen-bond acceptors (Lipinski definition) is 4. The van der Waals surface area contributed by atoms with E-state index in [2.05, 4.69) is 5.32 Å². The predicted octanol–water partition coefficient (Wildman–Crippen LogP) is 3.67. The minimum Gasteiger partial charge on any atom is -0.351 e. The molecule has 0 bridgehead atoms. The monoisotopic (exact) mass is 319 g/mol. The van der Waals surface area contributed by atoms with Crippen LogP contribution in [0.25, 0.3) is 0 Å². The highest BCUT2D eigenvalue weighted by atomic mass is 32.2. The third kappa shape index (κ3) is 4.72. The highest BCUT2D eigenvalue weighted by Crippen LogP contribution is 2.24. The SMILES string of the molecule is CC(=O)NCc1ccc(C(=O)CSc2ccccc2C)s1. The molecule has 0 saturated carbocycles. The number of Topliss-reactive ketones (excluding diaryl/α,β-unsaturated/α-hetero) is 1. The second kappa shape index (κ2) is 7.43. The predicted molar refractivity (Wildman–Crippen MR) is 88.1 cm³/mol. The van der Waals surface area contributed by atoms with Crippen molar-refractivity contribution < 1.29 is 9.59 Å². The van der Waals surface area contributed by atoms with Gasteiger partial charge in [-0.25, -0.2) is 0 Å². The van der Waals surface area contributed by atoms with E-state index in [1.165, 1.54) is 23.8 Å². The molecule has 0 aliphatic heterocycles. The first-order valence-electron chi connectivity index (χ1n) is 6.61. The summed E-state index contributed by atoms with van der Waals surface area (Å²) in [6, 6.07) is 11.8. The summed E-state index contributed by atoms with van der Waals surface area (Å²) in [5, 5.41) is 2.73. The minimum absolute atomic E-state index is 0.0635. The maximum Gasteiger partial charge on any atom is 0.217 e. The lowest BCUT2D eigenvalue weighted by atomic mass is 10.2. The first kappa shape index (κ1) is 15.8. The topological polar surface area (TPSA) is 46.2 Å². The number of thiophene rings is 1. The van der Waals surface area contributed by atoms with Gasteiger partial charge in [0, 0.05) is 16.7 Å². The van der Waals surface area contributed by atoms with Crippen molar-refractivity contribution in [3.63, 3.8) is 0 Å². The van der Waals surface area contributed by atoms with Gasteiger partial charge in [0.2, 0.25) is 5.91 Å². The molecule has 0 atom stereocenters. The molecular formula is C16H17NO2S2. The first-order valence-corrected chi connectivity index (χ1v) is 8.41. The van der Waals surface area contributed by atoms with Crippen molar-refractivity contribution in [1.82, 2.24) is 5.32 Å². The molecule has 1 amide bonds. The molecule has 21 heavy (non-hydrogen) atoms. The third-order valence-corrected chi connectivity index (χ3v) is 5.20. The summed E-state index contributed by atoms with van der Waals surface area (Å²) in [5.41, 5.74) is 1.19. The van der Waals surface area contributed by atoms with E-state index in [-0.39, 0.29) is 11.7 Å². The number of aryl methyl sites for hydroxylation is 1. The summed E-state index contributed by atoms with van der Waals surface area (Å²) in [4.78, 5) is 25.9. The van der Waals surface area contributed by atoms with Gasteiger partial charge in [0.15, 0.2) is 5.78 Å². The Morgan fingerprint density at radius 3 is 2.67 bits per heavy atom. The molecule has 0 saturated heterocycles. The van der Waals surface area contributed by atoms with Crippen molar-refractivity contribution in [1.29, 1.82) is 0 Å². The number of thioether (sulfide) groups is 1. The zero-order valence-corrected chi connectivity index (χ0v) is 13.6. The number of hydrogen-bond donors (Lipinski definition) is 1. The second-order valence-corrected chi connectivity index (χ2v) is 6.84. The van der Waals surface area contributed by atoms with Crippen LogP contribution in [0.2, 0.25) is 0 Å². The molecular weight excluding hydrogens is 302 g/mol.